The summed E-state index contributed by atoms with van der Waals surface area (Å²) in [5.41, 5.74) is 3.36. The number of nitrogens with two attached hydrogens (primary N) is 1. The summed E-state index contributed by atoms with van der Waals surface area (Å²) in [5, 5.41) is 2.02. The quantitative estimate of drug-likeness (QED) is 0.641. The predicted octanol–water partition coefficient (Wildman–Crippen LogP) is 2.02. The van der Waals surface area contributed by atoms with Crippen LogP contribution < -0.4 is 16.0 Å². The van der Waals surface area contributed by atoms with Crippen molar-refractivity contribution in [1.29, 1.82) is 0 Å². The van der Waals surface area contributed by atoms with Crippen LogP contribution in [0.3, 0.4) is 0 Å². The molecule has 2 rings (SSSR count). The minimum Gasteiger partial charge on any atom is -0.472 e. The fourth-order valence-electron chi connectivity index (χ4n) is 1.42. The molecule has 17 heavy (non-hydrogen) atoms. The van der Waals surface area contributed by atoms with E-state index in [0.29, 0.717) is 24.1 Å². The van der Waals surface area contributed by atoms with E-state index in [1.54, 1.807) is 18.3 Å². The van der Waals surface area contributed by atoms with Gasteiger partial charge in [-0.3, -0.25) is 0 Å². The number of hydrogen-bond acceptors (Lipinski definition) is 6. The first kappa shape index (κ1) is 11.8. The van der Waals surface area contributed by atoms with Gasteiger partial charge in [0.15, 0.2) is 0 Å². The second-order valence-corrected chi connectivity index (χ2v) is 4.59. The van der Waals surface area contributed by atoms with Crippen LogP contribution in [0, 0.1) is 13.8 Å². The van der Waals surface area contributed by atoms with E-state index in [1.165, 1.54) is 0 Å². The molecule has 0 aromatic carbocycles. The number of aryl methyl sites for hydroxylation is 1. The highest BCUT2D eigenvalue weighted by molar-refractivity contribution is 7.09. The average molecular weight is 250 g/mol. The van der Waals surface area contributed by atoms with Crippen molar-refractivity contribution in [3.05, 3.63) is 33.8 Å². The van der Waals surface area contributed by atoms with Crippen molar-refractivity contribution in [2.75, 3.05) is 5.43 Å². The van der Waals surface area contributed by atoms with Crippen LogP contribution in [-0.4, -0.2) is 9.97 Å². The number of hydrazine groups is 1. The lowest BCUT2D eigenvalue weighted by Crippen LogP contribution is -2.12. The molecule has 3 N–H and O–H groups in total. The summed E-state index contributed by atoms with van der Waals surface area (Å²) >= 11 is 1.65. The summed E-state index contributed by atoms with van der Waals surface area (Å²) in [6, 6.07) is 4.02. The highest BCUT2D eigenvalue weighted by atomic mass is 32.1. The van der Waals surface area contributed by atoms with Gasteiger partial charge in [-0.2, -0.15) is 4.98 Å². The Kier molecular flexibility index (Phi) is 3.55. The van der Waals surface area contributed by atoms with Gasteiger partial charge >= 0.3 is 0 Å². The first-order valence-corrected chi connectivity index (χ1v) is 6.05. The standard InChI is InChI=1S/C11H14N4OS/c1-7-10(15-12)13-8(2)14-11(7)16-6-9-4-3-5-17-9/h3-5H,6,12H2,1-2H3,(H,13,14,15). The number of rotatable bonds is 4. The minimum absolute atomic E-state index is 0.513. The second kappa shape index (κ2) is 5.11. The molecule has 0 atom stereocenters. The molecular weight excluding hydrogens is 236 g/mol. The maximum Gasteiger partial charge on any atom is 0.222 e. The monoisotopic (exact) mass is 250 g/mol. The molecular formula is C11H14N4OS. The van der Waals surface area contributed by atoms with Crippen molar-refractivity contribution in [3.63, 3.8) is 0 Å². The Bertz CT molecular complexity index is 498. The van der Waals surface area contributed by atoms with E-state index >= 15 is 0 Å². The van der Waals surface area contributed by atoms with Crippen molar-refractivity contribution in [2.45, 2.75) is 20.5 Å². The Balaban J connectivity index is 2.17. The van der Waals surface area contributed by atoms with Gasteiger partial charge in [-0.25, -0.2) is 10.8 Å². The Hall–Kier alpha value is -1.66. The van der Waals surface area contributed by atoms with Crippen LogP contribution in [-0.2, 0) is 6.61 Å². The molecule has 0 amide bonds. The van der Waals surface area contributed by atoms with Crippen molar-refractivity contribution in [1.82, 2.24) is 9.97 Å². The van der Waals surface area contributed by atoms with E-state index in [0.717, 1.165) is 10.4 Å². The molecule has 0 saturated heterocycles. The maximum atomic E-state index is 5.67. The van der Waals surface area contributed by atoms with Crippen LogP contribution in [0.4, 0.5) is 5.82 Å². The molecule has 2 aromatic rings. The molecule has 0 spiro atoms. The van der Waals surface area contributed by atoms with E-state index in [4.69, 9.17) is 10.6 Å². The Labute approximate surface area is 104 Å². The van der Waals surface area contributed by atoms with Gasteiger partial charge in [-0.1, -0.05) is 6.07 Å². The van der Waals surface area contributed by atoms with Crippen molar-refractivity contribution >= 4 is 17.2 Å². The number of hydrogen-bond donors (Lipinski definition) is 2. The normalized spacial score (nSPS) is 10.3. The zero-order chi connectivity index (χ0) is 12.3. The lowest BCUT2D eigenvalue weighted by Gasteiger charge is -2.11. The number of aromatic nitrogens is 2. The van der Waals surface area contributed by atoms with Gasteiger partial charge in [0.25, 0.3) is 0 Å². The number of nitrogen functional groups attached to an aromatic ring is 1. The zero-order valence-corrected chi connectivity index (χ0v) is 10.5. The number of nitrogens with one attached hydrogen (secondary N) is 1. The molecule has 0 aliphatic heterocycles. The molecule has 0 aliphatic carbocycles. The van der Waals surface area contributed by atoms with E-state index in [-0.39, 0.29) is 0 Å². The molecule has 2 heterocycles. The largest absolute Gasteiger partial charge is 0.472 e. The predicted molar refractivity (Wildman–Crippen MR) is 68.0 cm³/mol. The number of thiophene rings is 1. The summed E-state index contributed by atoms with van der Waals surface area (Å²) in [7, 11) is 0. The summed E-state index contributed by atoms with van der Waals surface area (Å²) in [6.45, 7) is 4.19. The number of ether oxygens (including phenoxy) is 1. The molecule has 0 bridgehead atoms. The molecule has 0 saturated carbocycles. The third-order valence-corrected chi connectivity index (χ3v) is 3.13. The zero-order valence-electron chi connectivity index (χ0n) is 9.73. The van der Waals surface area contributed by atoms with Crippen molar-refractivity contribution < 1.29 is 4.74 Å². The average Bonchev–Trinajstić information content (AvgIpc) is 2.82. The number of anilines is 1. The van der Waals surface area contributed by atoms with Gasteiger partial charge in [-0.15, -0.1) is 11.3 Å². The SMILES string of the molecule is Cc1nc(NN)c(C)c(OCc2cccs2)n1. The van der Waals surface area contributed by atoms with Crippen LogP contribution in [0.2, 0.25) is 0 Å². The van der Waals surface area contributed by atoms with Gasteiger partial charge in [0, 0.05) is 4.88 Å². The fourth-order valence-corrected chi connectivity index (χ4v) is 2.03. The first-order valence-electron chi connectivity index (χ1n) is 5.17. The van der Waals surface area contributed by atoms with Crippen LogP contribution >= 0.6 is 11.3 Å². The van der Waals surface area contributed by atoms with Crippen molar-refractivity contribution in [2.24, 2.45) is 5.84 Å². The summed E-state index contributed by atoms with van der Waals surface area (Å²) < 4.78 is 5.67. The van der Waals surface area contributed by atoms with Gasteiger partial charge < -0.3 is 10.2 Å². The molecule has 0 fully saturated rings. The fraction of sp³-hybridized carbons (Fsp3) is 0.273. The van der Waals surface area contributed by atoms with E-state index < -0.39 is 0 Å². The molecule has 0 radical (unpaired) electrons. The van der Waals surface area contributed by atoms with E-state index in [2.05, 4.69) is 15.4 Å². The third-order valence-electron chi connectivity index (χ3n) is 2.28. The van der Waals surface area contributed by atoms with Gasteiger partial charge in [-0.05, 0) is 25.3 Å². The van der Waals surface area contributed by atoms with Crippen LogP contribution in [0.25, 0.3) is 0 Å². The summed E-state index contributed by atoms with van der Waals surface area (Å²) in [5.74, 6) is 7.18. The molecule has 0 unspecified atom stereocenters. The van der Waals surface area contributed by atoms with Crippen LogP contribution in [0.5, 0.6) is 5.88 Å². The summed E-state index contributed by atoms with van der Waals surface area (Å²) in [6.07, 6.45) is 0. The minimum atomic E-state index is 0.513. The van der Waals surface area contributed by atoms with Gasteiger partial charge in [0.2, 0.25) is 5.88 Å². The smallest absolute Gasteiger partial charge is 0.222 e. The van der Waals surface area contributed by atoms with E-state index in [1.807, 2.05) is 24.4 Å². The number of nitrogens with zero attached hydrogens (tertiary/aromatic N) is 2. The molecule has 90 valence electrons. The molecule has 2 aromatic heterocycles. The topological polar surface area (TPSA) is 73.1 Å². The Morgan fingerprint density at radius 2 is 2.24 bits per heavy atom. The Morgan fingerprint density at radius 3 is 2.88 bits per heavy atom. The maximum absolute atomic E-state index is 5.67. The van der Waals surface area contributed by atoms with Crippen molar-refractivity contribution in [3.8, 4) is 5.88 Å². The highest BCUT2D eigenvalue weighted by Gasteiger charge is 2.09. The summed E-state index contributed by atoms with van der Waals surface area (Å²) in [4.78, 5) is 9.58. The third kappa shape index (κ3) is 2.72. The second-order valence-electron chi connectivity index (χ2n) is 3.56. The first-order chi connectivity index (χ1) is 8.20. The molecule has 0 aliphatic rings. The highest BCUT2D eigenvalue weighted by Crippen LogP contribution is 2.22. The molecule has 6 heteroatoms. The lowest BCUT2D eigenvalue weighted by atomic mass is 10.3. The molecule has 5 nitrogen and oxygen atoms in total. The van der Waals surface area contributed by atoms with Gasteiger partial charge in [0.05, 0.1) is 5.56 Å². The van der Waals surface area contributed by atoms with Crippen LogP contribution in [0.1, 0.15) is 16.3 Å². The Morgan fingerprint density at radius 1 is 1.41 bits per heavy atom. The lowest BCUT2D eigenvalue weighted by molar-refractivity contribution is 0.294. The van der Waals surface area contributed by atoms with Gasteiger partial charge in [0.1, 0.15) is 18.2 Å². The van der Waals surface area contributed by atoms with E-state index in [9.17, 15) is 0 Å². The van der Waals surface area contributed by atoms with Crippen LogP contribution in [0.15, 0.2) is 17.5 Å².